The fourth-order valence-electron chi connectivity index (χ4n) is 2.35. The molecule has 1 aliphatic heterocycles. The first-order chi connectivity index (χ1) is 10.3. The topological polar surface area (TPSA) is 54.9 Å². The zero-order chi connectivity index (χ0) is 14.9. The molecule has 0 spiro atoms. The van der Waals surface area contributed by atoms with E-state index >= 15 is 0 Å². The van der Waals surface area contributed by atoms with Gasteiger partial charge in [-0.15, -0.1) is 0 Å². The molecule has 1 atom stereocenters. The molecule has 116 valence electrons. The van der Waals surface area contributed by atoms with Crippen molar-refractivity contribution in [3.05, 3.63) is 29.8 Å². The minimum absolute atomic E-state index is 0.324. The zero-order valence-corrected chi connectivity index (χ0v) is 12.9. The maximum absolute atomic E-state index is 5.59. The van der Waals surface area contributed by atoms with E-state index < -0.39 is 0 Å². The van der Waals surface area contributed by atoms with E-state index in [9.17, 15) is 0 Å². The number of rotatable bonds is 6. The number of ether oxygens (including phenoxy) is 2. The van der Waals surface area contributed by atoms with Crippen LogP contribution in [0.2, 0.25) is 0 Å². The van der Waals surface area contributed by atoms with Crippen LogP contribution in [0.3, 0.4) is 0 Å². The molecule has 1 fully saturated rings. The highest BCUT2D eigenvalue weighted by Crippen LogP contribution is 2.11. The molecule has 0 aliphatic carbocycles. The van der Waals surface area contributed by atoms with Gasteiger partial charge in [0.15, 0.2) is 5.96 Å². The second-order valence-electron chi connectivity index (χ2n) is 5.11. The van der Waals surface area contributed by atoms with Gasteiger partial charge < -0.3 is 20.1 Å². The summed E-state index contributed by atoms with van der Waals surface area (Å²) >= 11 is 0. The number of aliphatic imine (C=N–C) groups is 1. The molecular formula is C16H25N3O2. The fraction of sp³-hybridized carbons (Fsp3) is 0.562. The summed E-state index contributed by atoms with van der Waals surface area (Å²) in [4.78, 5) is 4.23. The number of hydrogen-bond donors (Lipinski definition) is 2. The highest BCUT2D eigenvalue weighted by Gasteiger charge is 2.15. The van der Waals surface area contributed by atoms with Gasteiger partial charge in [0.05, 0.1) is 13.2 Å². The Bertz CT molecular complexity index is 439. The van der Waals surface area contributed by atoms with Crippen molar-refractivity contribution in [1.82, 2.24) is 10.6 Å². The molecule has 0 aromatic heterocycles. The van der Waals surface area contributed by atoms with Crippen molar-refractivity contribution in [2.24, 2.45) is 4.99 Å². The minimum Gasteiger partial charge on any atom is -0.497 e. The maximum atomic E-state index is 5.59. The second kappa shape index (κ2) is 8.52. The van der Waals surface area contributed by atoms with E-state index in [1.54, 1.807) is 14.2 Å². The molecule has 2 rings (SSSR count). The molecule has 1 aromatic rings. The van der Waals surface area contributed by atoms with Crippen LogP contribution < -0.4 is 15.4 Å². The first kappa shape index (κ1) is 15.6. The van der Waals surface area contributed by atoms with Gasteiger partial charge in [0.1, 0.15) is 5.75 Å². The van der Waals surface area contributed by atoms with Gasteiger partial charge in [-0.3, -0.25) is 4.99 Å². The van der Waals surface area contributed by atoms with E-state index in [2.05, 4.69) is 27.8 Å². The Morgan fingerprint density at radius 1 is 1.33 bits per heavy atom. The summed E-state index contributed by atoms with van der Waals surface area (Å²) < 4.78 is 10.7. The van der Waals surface area contributed by atoms with Crippen molar-refractivity contribution in [3.63, 3.8) is 0 Å². The Morgan fingerprint density at radius 3 is 2.76 bits per heavy atom. The Morgan fingerprint density at radius 2 is 2.14 bits per heavy atom. The van der Waals surface area contributed by atoms with Gasteiger partial charge in [-0.2, -0.15) is 0 Å². The molecule has 0 amide bonds. The molecule has 5 nitrogen and oxygen atoms in total. The Balaban J connectivity index is 1.67. The Kier molecular flexibility index (Phi) is 6.34. The second-order valence-corrected chi connectivity index (χ2v) is 5.11. The molecule has 0 bridgehead atoms. The predicted octanol–water partition coefficient (Wildman–Crippen LogP) is 1.58. The molecule has 1 saturated heterocycles. The van der Waals surface area contributed by atoms with E-state index in [0.29, 0.717) is 6.10 Å². The molecule has 1 heterocycles. The number of nitrogens with one attached hydrogen (secondary N) is 2. The van der Waals surface area contributed by atoms with E-state index in [1.807, 2.05) is 12.1 Å². The molecular weight excluding hydrogens is 266 g/mol. The van der Waals surface area contributed by atoms with Gasteiger partial charge in [-0.1, -0.05) is 12.1 Å². The van der Waals surface area contributed by atoms with Crippen LogP contribution in [0.5, 0.6) is 5.75 Å². The van der Waals surface area contributed by atoms with Crippen molar-refractivity contribution in [1.29, 1.82) is 0 Å². The number of hydrogen-bond acceptors (Lipinski definition) is 3. The van der Waals surface area contributed by atoms with Crippen LogP contribution in [-0.2, 0) is 11.2 Å². The highest BCUT2D eigenvalue weighted by molar-refractivity contribution is 5.79. The third kappa shape index (κ3) is 5.27. The lowest BCUT2D eigenvalue weighted by Gasteiger charge is -2.15. The number of nitrogens with zero attached hydrogens (tertiary/aromatic N) is 1. The van der Waals surface area contributed by atoms with Crippen LogP contribution in [-0.4, -0.2) is 45.9 Å². The molecule has 1 aromatic carbocycles. The van der Waals surface area contributed by atoms with Gasteiger partial charge in [0.2, 0.25) is 0 Å². The molecule has 0 radical (unpaired) electrons. The molecule has 5 heteroatoms. The summed E-state index contributed by atoms with van der Waals surface area (Å²) in [6.45, 7) is 2.55. The molecule has 2 N–H and O–H groups in total. The van der Waals surface area contributed by atoms with Crippen molar-refractivity contribution in [3.8, 4) is 5.75 Å². The predicted molar refractivity (Wildman–Crippen MR) is 85.0 cm³/mol. The molecule has 0 unspecified atom stereocenters. The summed E-state index contributed by atoms with van der Waals surface area (Å²) in [6.07, 6.45) is 3.57. The third-order valence-electron chi connectivity index (χ3n) is 3.61. The van der Waals surface area contributed by atoms with Gasteiger partial charge in [-0.05, 0) is 37.0 Å². The maximum Gasteiger partial charge on any atom is 0.191 e. The smallest absolute Gasteiger partial charge is 0.191 e. The van der Waals surface area contributed by atoms with Crippen LogP contribution in [0, 0.1) is 0 Å². The van der Waals surface area contributed by atoms with E-state index in [4.69, 9.17) is 9.47 Å². The Hall–Kier alpha value is -1.75. The summed E-state index contributed by atoms with van der Waals surface area (Å²) in [5.41, 5.74) is 1.28. The Labute approximate surface area is 126 Å². The summed E-state index contributed by atoms with van der Waals surface area (Å²) in [6, 6.07) is 8.14. The summed E-state index contributed by atoms with van der Waals surface area (Å²) in [5, 5.41) is 6.63. The van der Waals surface area contributed by atoms with E-state index in [0.717, 1.165) is 50.7 Å². The summed E-state index contributed by atoms with van der Waals surface area (Å²) in [7, 11) is 3.47. The van der Waals surface area contributed by atoms with E-state index in [-0.39, 0.29) is 0 Å². The molecule has 21 heavy (non-hydrogen) atoms. The number of benzene rings is 1. The van der Waals surface area contributed by atoms with Crippen LogP contribution in [0.1, 0.15) is 18.4 Å². The quantitative estimate of drug-likeness (QED) is 0.617. The standard InChI is InChI=1S/C16H25N3O2/c1-17-16(19-12-15-4-3-11-21-15)18-10-9-13-5-7-14(20-2)8-6-13/h5-8,15H,3-4,9-12H2,1-2H3,(H2,17,18,19)/t15-/m0/s1. The van der Waals surface area contributed by atoms with Crippen molar-refractivity contribution in [2.75, 3.05) is 33.9 Å². The molecule has 0 saturated carbocycles. The lowest BCUT2D eigenvalue weighted by Crippen LogP contribution is -2.41. The first-order valence-electron chi connectivity index (χ1n) is 7.51. The largest absolute Gasteiger partial charge is 0.497 e. The monoisotopic (exact) mass is 291 g/mol. The highest BCUT2D eigenvalue weighted by atomic mass is 16.5. The SMILES string of the molecule is CN=C(NCCc1ccc(OC)cc1)NC[C@@H]1CCCO1. The van der Waals surface area contributed by atoms with E-state index in [1.165, 1.54) is 5.56 Å². The fourth-order valence-corrected chi connectivity index (χ4v) is 2.35. The zero-order valence-electron chi connectivity index (χ0n) is 12.9. The van der Waals surface area contributed by atoms with Gasteiger partial charge in [0.25, 0.3) is 0 Å². The average Bonchev–Trinajstić information content (AvgIpc) is 3.04. The lowest BCUT2D eigenvalue weighted by molar-refractivity contribution is 0.114. The van der Waals surface area contributed by atoms with Crippen LogP contribution >= 0.6 is 0 Å². The van der Waals surface area contributed by atoms with Crippen LogP contribution in [0.15, 0.2) is 29.3 Å². The van der Waals surface area contributed by atoms with Gasteiger partial charge in [-0.25, -0.2) is 0 Å². The number of methoxy groups -OCH3 is 1. The van der Waals surface area contributed by atoms with Crippen molar-refractivity contribution in [2.45, 2.75) is 25.4 Å². The van der Waals surface area contributed by atoms with Gasteiger partial charge >= 0.3 is 0 Å². The van der Waals surface area contributed by atoms with Crippen LogP contribution in [0.25, 0.3) is 0 Å². The van der Waals surface area contributed by atoms with Gasteiger partial charge in [0, 0.05) is 26.7 Å². The average molecular weight is 291 g/mol. The molecule has 1 aliphatic rings. The third-order valence-corrected chi connectivity index (χ3v) is 3.61. The minimum atomic E-state index is 0.324. The number of guanidine groups is 1. The lowest BCUT2D eigenvalue weighted by atomic mass is 10.1. The first-order valence-corrected chi connectivity index (χ1v) is 7.51. The normalized spacial score (nSPS) is 18.6. The van der Waals surface area contributed by atoms with Crippen molar-refractivity contribution < 1.29 is 9.47 Å². The van der Waals surface area contributed by atoms with Crippen molar-refractivity contribution >= 4 is 5.96 Å². The summed E-state index contributed by atoms with van der Waals surface area (Å²) in [5.74, 6) is 1.72. The van der Waals surface area contributed by atoms with Crippen LogP contribution in [0.4, 0.5) is 0 Å².